The Labute approximate surface area is 152 Å². The van der Waals surface area contributed by atoms with Crippen LogP contribution in [0.3, 0.4) is 0 Å². The van der Waals surface area contributed by atoms with Crippen molar-refractivity contribution < 1.29 is 19.5 Å². The molecule has 0 aromatic heterocycles. The highest BCUT2D eigenvalue weighted by Crippen LogP contribution is 2.27. The molecule has 10 nitrogen and oxygen atoms in total. The quantitative estimate of drug-likeness (QED) is 0.167. The van der Waals surface area contributed by atoms with Crippen LogP contribution in [0, 0.1) is 5.92 Å². The Bertz CT molecular complexity index is 551. The molecular formula is C16H28N6O4. The average molecular weight is 368 g/mol. The molecule has 0 aromatic rings. The van der Waals surface area contributed by atoms with Crippen LogP contribution in [-0.4, -0.2) is 77.3 Å². The number of hydrogen-bond donors (Lipinski definition) is 4. The Hall–Kier alpha value is -2.36. The van der Waals surface area contributed by atoms with E-state index in [1.165, 1.54) is 4.90 Å². The summed E-state index contributed by atoms with van der Waals surface area (Å²) in [6.45, 7) is 1.78. The van der Waals surface area contributed by atoms with Gasteiger partial charge in [0.05, 0.1) is 12.5 Å². The number of hydrazone groups is 1. The first-order valence-corrected chi connectivity index (χ1v) is 8.92. The van der Waals surface area contributed by atoms with Crippen molar-refractivity contribution in [2.24, 2.45) is 22.6 Å². The number of nitrogens with two attached hydrogens (primary N) is 2. The minimum Gasteiger partial charge on any atom is -0.480 e. The molecule has 1 heterocycles. The van der Waals surface area contributed by atoms with Gasteiger partial charge in [0.25, 0.3) is 0 Å². The number of carboxylic acids is 1. The van der Waals surface area contributed by atoms with E-state index in [4.69, 9.17) is 16.7 Å². The standard InChI is InChI=1S/C16H28N6O4/c17-13(16(26)22(9-15(24)25)12-3-4-12)6-14(23)19-7-11-2-1-5-21(8-11)10-20-18/h10-13H,1-9,17-18H2,(H,19,23)(H,24,25)/t11-,13-/m0/s1. The summed E-state index contributed by atoms with van der Waals surface area (Å²) in [7, 11) is 0. The van der Waals surface area contributed by atoms with Crippen LogP contribution in [0.2, 0.25) is 0 Å². The number of hydrogen-bond acceptors (Lipinski definition) is 6. The van der Waals surface area contributed by atoms with Crippen molar-refractivity contribution in [3.63, 3.8) is 0 Å². The predicted octanol–water partition coefficient (Wildman–Crippen LogP) is -1.49. The summed E-state index contributed by atoms with van der Waals surface area (Å²) < 4.78 is 0. The second-order valence-corrected chi connectivity index (χ2v) is 6.97. The lowest BCUT2D eigenvalue weighted by Crippen LogP contribution is -2.49. The van der Waals surface area contributed by atoms with Crippen LogP contribution < -0.4 is 16.9 Å². The summed E-state index contributed by atoms with van der Waals surface area (Å²) in [6, 6.07) is -1.09. The number of piperidine rings is 1. The minimum atomic E-state index is -1.08. The van der Waals surface area contributed by atoms with Crippen molar-refractivity contribution in [1.82, 2.24) is 15.1 Å². The Morgan fingerprint density at radius 3 is 2.69 bits per heavy atom. The fourth-order valence-electron chi connectivity index (χ4n) is 3.21. The van der Waals surface area contributed by atoms with Gasteiger partial charge in [-0.25, -0.2) is 0 Å². The maximum Gasteiger partial charge on any atom is 0.323 e. The molecule has 2 aliphatic rings. The van der Waals surface area contributed by atoms with Gasteiger partial charge in [-0.2, -0.15) is 5.10 Å². The number of carboxylic acid groups (broad SMARTS) is 1. The number of likely N-dealkylation sites (tertiary alicyclic amines) is 1. The average Bonchev–Trinajstić information content (AvgIpc) is 3.42. The third-order valence-corrected chi connectivity index (χ3v) is 4.67. The highest BCUT2D eigenvalue weighted by Gasteiger charge is 2.36. The lowest BCUT2D eigenvalue weighted by Gasteiger charge is -2.31. The maximum atomic E-state index is 12.3. The number of carbonyl (C=O) groups excluding carboxylic acids is 2. The zero-order chi connectivity index (χ0) is 19.1. The van der Waals surface area contributed by atoms with Gasteiger partial charge in [0.2, 0.25) is 11.8 Å². The molecule has 0 spiro atoms. The van der Waals surface area contributed by atoms with E-state index < -0.39 is 17.9 Å². The van der Waals surface area contributed by atoms with Gasteiger partial charge in [-0.05, 0) is 31.6 Å². The molecule has 2 fully saturated rings. The van der Waals surface area contributed by atoms with E-state index in [2.05, 4.69) is 10.4 Å². The Balaban J connectivity index is 1.75. The normalized spacial score (nSPS) is 21.4. The zero-order valence-corrected chi connectivity index (χ0v) is 14.8. The van der Waals surface area contributed by atoms with Crippen molar-refractivity contribution in [1.29, 1.82) is 0 Å². The topological polar surface area (TPSA) is 154 Å². The number of rotatable bonds is 9. The van der Waals surface area contributed by atoms with Gasteiger partial charge >= 0.3 is 5.97 Å². The predicted molar refractivity (Wildman–Crippen MR) is 94.9 cm³/mol. The summed E-state index contributed by atoms with van der Waals surface area (Å²) in [5.74, 6) is 3.58. The number of nitrogens with zero attached hydrogens (tertiary/aromatic N) is 3. The first kappa shape index (κ1) is 20.0. The van der Waals surface area contributed by atoms with E-state index in [9.17, 15) is 14.4 Å². The lowest BCUT2D eigenvalue weighted by molar-refractivity contribution is -0.145. The third-order valence-electron chi connectivity index (χ3n) is 4.67. The van der Waals surface area contributed by atoms with Crippen LogP contribution in [0.25, 0.3) is 0 Å². The van der Waals surface area contributed by atoms with E-state index >= 15 is 0 Å². The molecule has 2 amide bonds. The van der Waals surface area contributed by atoms with E-state index in [1.807, 2.05) is 4.90 Å². The van der Waals surface area contributed by atoms with Crippen molar-refractivity contribution >= 4 is 24.1 Å². The molecule has 1 saturated heterocycles. The molecule has 2 rings (SSSR count). The SMILES string of the molecule is NN=CN1CCC[C@@H](CNC(=O)C[C@H](N)C(=O)N(CC(=O)O)C2CC2)C1. The fourth-order valence-corrected chi connectivity index (χ4v) is 3.21. The molecule has 10 heteroatoms. The second-order valence-electron chi connectivity index (χ2n) is 6.97. The van der Waals surface area contributed by atoms with E-state index in [-0.39, 0.29) is 30.8 Å². The molecule has 0 radical (unpaired) electrons. The second kappa shape index (κ2) is 9.37. The summed E-state index contributed by atoms with van der Waals surface area (Å²) in [6.07, 6.45) is 4.99. The monoisotopic (exact) mass is 368 g/mol. The van der Waals surface area contributed by atoms with E-state index in [0.717, 1.165) is 38.8 Å². The minimum absolute atomic E-state index is 0.0647. The van der Waals surface area contributed by atoms with Gasteiger partial charge < -0.3 is 31.8 Å². The van der Waals surface area contributed by atoms with Gasteiger partial charge in [-0.1, -0.05) is 0 Å². The smallest absolute Gasteiger partial charge is 0.323 e. The molecule has 6 N–H and O–H groups in total. The summed E-state index contributed by atoms with van der Waals surface area (Å²) in [5.41, 5.74) is 5.85. The fraction of sp³-hybridized carbons (Fsp3) is 0.750. The van der Waals surface area contributed by atoms with Crippen LogP contribution in [0.4, 0.5) is 0 Å². The highest BCUT2D eigenvalue weighted by molar-refractivity contribution is 5.90. The molecule has 0 aromatic carbocycles. The van der Waals surface area contributed by atoms with E-state index in [1.54, 1.807) is 6.34 Å². The largest absolute Gasteiger partial charge is 0.480 e. The van der Waals surface area contributed by atoms with Gasteiger partial charge in [0.15, 0.2) is 0 Å². The highest BCUT2D eigenvalue weighted by atomic mass is 16.4. The number of aliphatic carboxylic acids is 1. The number of carbonyl (C=O) groups is 3. The van der Waals surface area contributed by atoms with Crippen molar-refractivity contribution in [2.45, 2.75) is 44.2 Å². The third kappa shape index (κ3) is 6.17. The first-order chi connectivity index (χ1) is 12.4. The molecule has 26 heavy (non-hydrogen) atoms. The van der Waals surface area contributed by atoms with Gasteiger partial charge in [0, 0.05) is 25.7 Å². The maximum absolute atomic E-state index is 12.3. The van der Waals surface area contributed by atoms with Crippen molar-refractivity contribution in [3.8, 4) is 0 Å². The van der Waals surface area contributed by atoms with E-state index in [0.29, 0.717) is 6.54 Å². The van der Waals surface area contributed by atoms with Crippen molar-refractivity contribution in [3.05, 3.63) is 0 Å². The van der Waals surface area contributed by atoms with Crippen LogP contribution in [0.5, 0.6) is 0 Å². The summed E-state index contributed by atoms with van der Waals surface area (Å²) in [4.78, 5) is 38.6. The van der Waals surface area contributed by atoms with Gasteiger partial charge in [-0.15, -0.1) is 0 Å². The number of nitrogens with one attached hydrogen (secondary N) is 1. The van der Waals surface area contributed by atoms with Crippen LogP contribution in [0.1, 0.15) is 32.1 Å². The van der Waals surface area contributed by atoms with Crippen molar-refractivity contribution in [2.75, 3.05) is 26.2 Å². The van der Waals surface area contributed by atoms with Crippen LogP contribution in [0.15, 0.2) is 5.10 Å². The molecule has 0 unspecified atom stereocenters. The molecule has 1 saturated carbocycles. The number of amides is 2. The Morgan fingerprint density at radius 1 is 1.35 bits per heavy atom. The first-order valence-electron chi connectivity index (χ1n) is 8.92. The molecule has 2 atom stereocenters. The molecule has 146 valence electrons. The Kier molecular flexibility index (Phi) is 7.19. The molecular weight excluding hydrogens is 340 g/mol. The molecule has 1 aliphatic heterocycles. The Morgan fingerprint density at radius 2 is 2.08 bits per heavy atom. The molecule has 1 aliphatic carbocycles. The summed E-state index contributed by atoms with van der Waals surface area (Å²) in [5, 5.41) is 15.3. The molecule has 0 bridgehead atoms. The van der Waals surface area contributed by atoms with Gasteiger partial charge in [0.1, 0.15) is 12.9 Å². The summed E-state index contributed by atoms with van der Waals surface area (Å²) >= 11 is 0. The lowest BCUT2D eigenvalue weighted by atomic mass is 9.98. The zero-order valence-electron chi connectivity index (χ0n) is 14.8. The van der Waals surface area contributed by atoms with Crippen LogP contribution in [-0.2, 0) is 14.4 Å². The van der Waals surface area contributed by atoms with Gasteiger partial charge in [-0.3, -0.25) is 14.4 Å². The van der Waals surface area contributed by atoms with Crippen LogP contribution >= 0.6 is 0 Å².